The van der Waals surface area contributed by atoms with Crippen molar-refractivity contribution in [2.75, 3.05) is 25.5 Å². The van der Waals surface area contributed by atoms with Crippen LogP contribution in [0.25, 0.3) is 0 Å². The molecule has 3 aliphatic rings. The maximum atomic E-state index is 14.7. The smallest absolute Gasteiger partial charge is 0.379 e. The molecule has 1 aromatic carbocycles. The number of hydrogen-bond donors (Lipinski definition) is 3. The summed E-state index contributed by atoms with van der Waals surface area (Å²) in [5.41, 5.74) is 1.04. The van der Waals surface area contributed by atoms with Crippen molar-refractivity contribution in [1.29, 1.82) is 0 Å². The van der Waals surface area contributed by atoms with Crippen LogP contribution in [0.3, 0.4) is 0 Å². The Hall–Kier alpha value is -2.39. The highest BCUT2D eigenvalue weighted by Crippen LogP contribution is 2.40. The number of carbonyl (C=O) groups excluding carboxylic acids is 1. The van der Waals surface area contributed by atoms with E-state index >= 15 is 0 Å². The van der Waals surface area contributed by atoms with Gasteiger partial charge in [-0.25, -0.2) is 4.39 Å². The molecule has 0 radical (unpaired) electrons. The van der Waals surface area contributed by atoms with Gasteiger partial charge in [-0.1, -0.05) is 30.9 Å². The predicted molar refractivity (Wildman–Crippen MR) is 120 cm³/mol. The summed E-state index contributed by atoms with van der Waals surface area (Å²) in [7, 11) is 1.87. The average molecular weight is 467 g/mol. The molecule has 3 aliphatic heterocycles. The van der Waals surface area contributed by atoms with Crippen molar-refractivity contribution in [2.24, 2.45) is 0 Å². The average Bonchev–Trinajstić information content (AvgIpc) is 3.18. The third-order valence-corrected chi connectivity index (χ3v) is 6.73. The van der Waals surface area contributed by atoms with Gasteiger partial charge in [-0.2, -0.15) is 13.2 Å². The molecule has 5 nitrogen and oxygen atoms in total. The van der Waals surface area contributed by atoms with Gasteiger partial charge in [0.05, 0.1) is 12.1 Å². The molecule has 2 saturated heterocycles. The van der Waals surface area contributed by atoms with E-state index in [0.717, 1.165) is 12.1 Å². The Kier molecular flexibility index (Phi) is 6.81. The number of hydrogen-bond acceptors (Lipinski definition) is 4. The standard InChI is InChI=1S/C24H30F4N4O/c1-14(24(26,27)28)23-17-4-3-5-20(31-21-10-11-32(2)13-19(21)25)18(17)12-16(30-23)7-6-15-8-9-22(33)29-15/h3-7,15-16,19,21,23,30-31H,1,8-13H2,2H3,(H,29,33)/b7-6+/t15-,16?,19-,21+,23?/m0/s1. The molecule has 0 spiro atoms. The monoisotopic (exact) mass is 466 g/mol. The molecule has 9 heteroatoms. The molecule has 4 rings (SSSR count). The van der Waals surface area contributed by atoms with Gasteiger partial charge in [-0.05, 0) is 43.5 Å². The highest BCUT2D eigenvalue weighted by Gasteiger charge is 2.41. The quantitative estimate of drug-likeness (QED) is 0.458. The van der Waals surface area contributed by atoms with Crippen molar-refractivity contribution < 1.29 is 22.4 Å². The Morgan fingerprint density at radius 3 is 2.67 bits per heavy atom. The number of anilines is 1. The second kappa shape index (κ2) is 9.46. The summed E-state index contributed by atoms with van der Waals surface area (Å²) >= 11 is 0. The van der Waals surface area contributed by atoms with Gasteiger partial charge in [0, 0.05) is 42.9 Å². The number of rotatable bonds is 5. The van der Waals surface area contributed by atoms with E-state index in [-0.39, 0.29) is 18.0 Å². The first-order valence-electron chi connectivity index (χ1n) is 11.3. The number of nitrogens with one attached hydrogen (secondary N) is 3. The zero-order valence-corrected chi connectivity index (χ0v) is 18.6. The molecule has 0 aromatic heterocycles. The number of halogens is 4. The van der Waals surface area contributed by atoms with Crippen LogP contribution in [0.15, 0.2) is 42.5 Å². The number of piperidine rings is 1. The number of likely N-dealkylation sites (tertiary alicyclic amines) is 1. The van der Waals surface area contributed by atoms with Gasteiger partial charge in [-0.3, -0.25) is 10.1 Å². The van der Waals surface area contributed by atoms with Gasteiger partial charge < -0.3 is 15.5 Å². The van der Waals surface area contributed by atoms with E-state index in [4.69, 9.17) is 0 Å². The highest BCUT2D eigenvalue weighted by atomic mass is 19.4. The lowest BCUT2D eigenvalue weighted by Gasteiger charge is -2.37. The molecule has 0 saturated carbocycles. The SMILES string of the molecule is C=C(C1NC(/C=C/[C@H]2CCC(=O)N2)Cc2c(N[C@@H]3CCN(C)C[C@@H]3F)cccc21)C(F)(F)F. The van der Waals surface area contributed by atoms with Crippen molar-refractivity contribution >= 4 is 11.6 Å². The van der Waals surface area contributed by atoms with Crippen molar-refractivity contribution in [3.05, 3.63) is 53.6 Å². The third-order valence-electron chi connectivity index (χ3n) is 6.73. The lowest BCUT2D eigenvalue weighted by atomic mass is 9.85. The van der Waals surface area contributed by atoms with Crippen LogP contribution < -0.4 is 16.0 Å². The minimum Gasteiger partial charge on any atom is -0.379 e. The van der Waals surface area contributed by atoms with Gasteiger partial charge in [-0.15, -0.1) is 0 Å². The summed E-state index contributed by atoms with van der Waals surface area (Å²) in [5.74, 6) is -0.0275. The van der Waals surface area contributed by atoms with E-state index < -0.39 is 30.0 Å². The summed E-state index contributed by atoms with van der Waals surface area (Å²) in [6.07, 6.45) is 0.206. The first-order valence-corrected chi connectivity index (χ1v) is 11.3. The van der Waals surface area contributed by atoms with Gasteiger partial charge in [0.25, 0.3) is 0 Å². The van der Waals surface area contributed by atoms with Crippen LogP contribution in [0.4, 0.5) is 23.2 Å². The predicted octanol–water partition coefficient (Wildman–Crippen LogP) is 3.65. The minimum absolute atomic E-state index is 0.0275. The first-order chi connectivity index (χ1) is 15.6. The molecule has 1 aromatic rings. The van der Waals surface area contributed by atoms with E-state index in [1.165, 1.54) is 0 Å². The van der Waals surface area contributed by atoms with Gasteiger partial charge in [0.1, 0.15) is 6.17 Å². The molecule has 0 bridgehead atoms. The second-order valence-electron chi connectivity index (χ2n) is 9.22. The van der Waals surface area contributed by atoms with E-state index in [9.17, 15) is 22.4 Å². The Morgan fingerprint density at radius 1 is 1.24 bits per heavy atom. The fourth-order valence-corrected chi connectivity index (χ4v) is 4.87. The number of alkyl halides is 4. The van der Waals surface area contributed by atoms with Crippen LogP contribution >= 0.6 is 0 Å². The highest BCUT2D eigenvalue weighted by molar-refractivity contribution is 5.78. The van der Waals surface area contributed by atoms with E-state index in [1.807, 2.05) is 24.1 Å². The van der Waals surface area contributed by atoms with E-state index in [2.05, 4.69) is 22.5 Å². The summed E-state index contributed by atoms with van der Waals surface area (Å²) in [4.78, 5) is 13.4. The maximum absolute atomic E-state index is 14.7. The lowest BCUT2D eigenvalue weighted by Crippen LogP contribution is -2.46. The first kappa shape index (κ1) is 23.8. The van der Waals surface area contributed by atoms with Crippen molar-refractivity contribution in [3.8, 4) is 0 Å². The summed E-state index contributed by atoms with van der Waals surface area (Å²) < 4.78 is 55.5. The van der Waals surface area contributed by atoms with Gasteiger partial charge in [0.2, 0.25) is 5.91 Å². The fraction of sp³-hybridized carbons (Fsp3) is 0.542. The molecule has 3 N–H and O–H groups in total. The van der Waals surface area contributed by atoms with Gasteiger partial charge >= 0.3 is 6.18 Å². The number of nitrogens with zero attached hydrogens (tertiary/aromatic N) is 1. The van der Waals surface area contributed by atoms with Crippen molar-refractivity contribution in [2.45, 2.75) is 62.2 Å². The minimum atomic E-state index is -4.55. The number of fused-ring (bicyclic) bond motifs is 1. The molecular formula is C24H30F4N4O. The van der Waals surface area contributed by atoms with Crippen LogP contribution in [-0.2, 0) is 11.2 Å². The Labute approximate surface area is 191 Å². The van der Waals surface area contributed by atoms with Crippen LogP contribution in [0.2, 0.25) is 0 Å². The van der Waals surface area contributed by atoms with Crippen LogP contribution in [-0.4, -0.2) is 61.4 Å². The lowest BCUT2D eigenvalue weighted by molar-refractivity contribution is -0.119. The topological polar surface area (TPSA) is 56.4 Å². The van der Waals surface area contributed by atoms with E-state index in [0.29, 0.717) is 43.5 Å². The molecule has 2 fully saturated rings. The molecule has 2 unspecified atom stereocenters. The van der Waals surface area contributed by atoms with E-state index in [1.54, 1.807) is 18.2 Å². The normalized spacial score (nSPS) is 30.8. The fourth-order valence-electron chi connectivity index (χ4n) is 4.87. The number of amides is 1. The Balaban J connectivity index is 1.62. The molecule has 0 aliphatic carbocycles. The van der Waals surface area contributed by atoms with Crippen LogP contribution in [0.1, 0.15) is 36.4 Å². The number of benzene rings is 1. The van der Waals surface area contributed by atoms with Crippen molar-refractivity contribution in [3.63, 3.8) is 0 Å². The largest absolute Gasteiger partial charge is 0.413 e. The zero-order valence-electron chi connectivity index (χ0n) is 18.6. The van der Waals surface area contributed by atoms with Crippen molar-refractivity contribution in [1.82, 2.24) is 15.5 Å². The molecule has 3 heterocycles. The van der Waals surface area contributed by atoms with Gasteiger partial charge in [0.15, 0.2) is 0 Å². The Morgan fingerprint density at radius 2 is 2.00 bits per heavy atom. The van der Waals surface area contributed by atoms with Crippen LogP contribution in [0.5, 0.6) is 0 Å². The maximum Gasteiger partial charge on any atom is 0.413 e. The molecular weight excluding hydrogens is 436 g/mol. The molecule has 33 heavy (non-hydrogen) atoms. The summed E-state index contributed by atoms with van der Waals surface area (Å²) in [5, 5.41) is 9.18. The Bertz CT molecular complexity index is 932. The van der Waals surface area contributed by atoms with Crippen LogP contribution in [0, 0.1) is 0 Å². The third kappa shape index (κ3) is 5.41. The molecule has 180 valence electrons. The number of carbonyl (C=O) groups is 1. The zero-order chi connectivity index (χ0) is 23.8. The summed E-state index contributed by atoms with van der Waals surface area (Å²) in [6.45, 7) is 4.41. The second-order valence-corrected chi connectivity index (χ2v) is 9.22. The molecule has 5 atom stereocenters. The summed E-state index contributed by atoms with van der Waals surface area (Å²) in [6, 6.07) is 3.17. The molecule has 1 amide bonds.